The summed E-state index contributed by atoms with van der Waals surface area (Å²) in [4.78, 5) is 10.2. The molecule has 56 valence electrons. The Bertz CT molecular complexity index is 98.4. The van der Waals surface area contributed by atoms with Gasteiger partial charge in [-0.05, 0) is 20.8 Å². The van der Waals surface area contributed by atoms with Crippen molar-refractivity contribution >= 4 is 14.4 Å². The average molecular weight is 138 g/mol. The zero-order chi connectivity index (χ0) is 6.78. The first kappa shape index (κ1) is 16.6. The zero-order valence-corrected chi connectivity index (χ0v) is 6.82. The van der Waals surface area contributed by atoms with E-state index in [9.17, 15) is 4.79 Å². The summed E-state index contributed by atoms with van der Waals surface area (Å²) in [5.74, 6) is -0.225. The molecule has 10 heavy (non-hydrogen) atoms. The van der Waals surface area contributed by atoms with Crippen LogP contribution in [0.3, 0.4) is 0 Å². The van der Waals surface area contributed by atoms with Crippen LogP contribution >= 0.6 is 0 Å². The third-order valence-corrected chi connectivity index (χ3v) is 0.450. The predicted octanol–water partition coefficient (Wildman–Crippen LogP) is -3.10. The van der Waals surface area contributed by atoms with Gasteiger partial charge in [0.2, 0.25) is 0 Å². The van der Waals surface area contributed by atoms with Crippen molar-refractivity contribution in [2.75, 3.05) is 0 Å². The van der Waals surface area contributed by atoms with E-state index in [-0.39, 0.29) is 38.8 Å². The van der Waals surface area contributed by atoms with E-state index in [4.69, 9.17) is 4.74 Å². The largest absolute Gasteiger partial charge is 1.00 e. The first-order valence-corrected chi connectivity index (χ1v) is 2.61. The Hall–Kier alpha value is 0.132. The van der Waals surface area contributed by atoms with Crippen molar-refractivity contribution in [3.8, 4) is 0 Å². The standard InChI is InChI=1S/C6H12O2.BH4.Li/c1-5(7)8-6(2,3)4;;/h1-4H3;1H4;/q;-1;+1. The van der Waals surface area contributed by atoms with Crippen LogP contribution in [0.15, 0.2) is 0 Å². The molecule has 0 aliphatic carbocycles. The summed E-state index contributed by atoms with van der Waals surface area (Å²) in [5.41, 5.74) is -0.328. The Balaban J connectivity index is -0.000000245. The van der Waals surface area contributed by atoms with Crippen LogP contribution in [-0.4, -0.2) is 20.0 Å². The number of carbonyl (C=O) groups excluding carboxylic acids is 1. The molecule has 0 N–H and O–H groups in total. The van der Waals surface area contributed by atoms with Crippen LogP contribution in [0.4, 0.5) is 0 Å². The molecule has 0 rings (SSSR count). The molecule has 0 unspecified atom stereocenters. The summed E-state index contributed by atoms with van der Waals surface area (Å²) in [7, 11) is 0. The SMILES string of the molecule is CC(=O)OC(C)(C)C.[BH4-].[Li+]. The molecule has 0 saturated carbocycles. The minimum absolute atomic E-state index is 0. The molecule has 4 heteroatoms. The monoisotopic (exact) mass is 138 g/mol. The fourth-order valence-corrected chi connectivity index (χ4v) is 0.431. The second-order valence-electron chi connectivity index (χ2n) is 2.71. The molecule has 0 spiro atoms. The molecule has 0 aliphatic heterocycles. The van der Waals surface area contributed by atoms with E-state index in [1.807, 2.05) is 20.8 Å². The van der Waals surface area contributed by atoms with Crippen LogP contribution in [0.5, 0.6) is 0 Å². The topological polar surface area (TPSA) is 26.3 Å². The van der Waals surface area contributed by atoms with Crippen molar-refractivity contribution in [3.05, 3.63) is 0 Å². The van der Waals surface area contributed by atoms with Crippen LogP contribution in [0.2, 0.25) is 0 Å². The third-order valence-electron chi connectivity index (χ3n) is 0.450. The van der Waals surface area contributed by atoms with Crippen molar-refractivity contribution < 1.29 is 28.4 Å². The molecule has 0 aromatic heterocycles. The van der Waals surface area contributed by atoms with Crippen molar-refractivity contribution in [2.45, 2.75) is 33.3 Å². The van der Waals surface area contributed by atoms with Crippen LogP contribution in [0.25, 0.3) is 0 Å². The molecule has 0 aromatic rings. The van der Waals surface area contributed by atoms with Crippen LogP contribution in [0, 0.1) is 0 Å². The van der Waals surface area contributed by atoms with Gasteiger partial charge in [0.15, 0.2) is 0 Å². The van der Waals surface area contributed by atoms with E-state index in [1.54, 1.807) is 0 Å². The second kappa shape index (κ2) is 5.88. The minimum atomic E-state index is -0.328. The summed E-state index contributed by atoms with van der Waals surface area (Å²) in [6.45, 7) is 6.93. The van der Waals surface area contributed by atoms with Gasteiger partial charge in [-0.2, -0.15) is 0 Å². The molecule has 0 amide bonds. The van der Waals surface area contributed by atoms with Gasteiger partial charge in [-0.15, -0.1) is 0 Å². The minimum Gasteiger partial charge on any atom is -0.460 e. The van der Waals surface area contributed by atoms with Crippen LogP contribution in [-0.2, 0) is 9.53 Å². The van der Waals surface area contributed by atoms with Gasteiger partial charge in [0.25, 0.3) is 0 Å². The van der Waals surface area contributed by atoms with E-state index in [2.05, 4.69) is 0 Å². The number of hydrogen-bond acceptors (Lipinski definition) is 2. The smallest absolute Gasteiger partial charge is 0.460 e. The van der Waals surface area contributed by atoms with Crippen molar-refractivity contribution in [1.82, 2.24) is 0 Å². The number of rotatable bonds is 0. The van der Waals surface area contributed by atoms with Gasteiger partial charge >= 0.3 is 24.8 Å². The molecule has 0 fully saturated rings. The van der Waals surface area contributed by atoms with E-state index in [0.717, 1.165) is 0 Å². The maximum Gasteiger partial charge on any atom is 1.00 e. The predicted molar refractivity (Wildman–Crippen MR) is 42.9 cm³/mol. The summed E-state index contributed by atoms with van der Waals surface area (Å²) in [6.07, 6.45) is 0. The summed E-state index contributed by atoms with van der Waals surface area (Å²) in [6, 6.07) is 0. The van der Waals surface area contributed by atoms with Crippen LogP contribution in [0.1, 0.15) is 27.7 Å². The van der Waals surface area contributed by atoms with E-state index >= 15 is 0 Å². The Labute approximate surface area is 76.5 Å². The molecule has 0 heterocycles. The summed E-state index contributed by atoms with van der Waals surface area (Å²) in [5, 5.41) is 0. The second-order valence-corrected chi connectivity index (χ2v) is 2.71. The normalized spacial score (nSPS) is 8.80. The third kappa shape index (κ3) is 15.7. The van der Waals surface area contributed by atoms with Crippen molar-refractivity contribution in [2.24, 2.45) is 0 Å². The molecule has 2 nitrogen and oxygen atoms in total. The molecule has 0 atom stereocenters. The van der Waals surface area contributed by atoms with Gasteiger partial charge < -0.3 is 4.74 Å². The molecule has 0 bridgehead atoms. The Morgan fingerprint density at radius 3 is 1.60 bits per heavy atom. The van der Waals surface area contributed by atoms with Crippen molar-refractivity contribution in [3.63, 3.8) is 0 Å². The molecule has 0 aliphatic rings. The van der Waals surface area contributed by atoms with E-state index < -0.39 is 0 Å². The first-order valence-electron chi connectivity index (χ1n) is 2.61. The zero-order valence-electron chi connectivity index (χ0n) is 6.82. The maximum atomic E-state index is 10.2. The van der Waals surface area contributed by atoms with Gasteiger partial charge in [-0.1, -0.05) is 8.41 Å². The van der Waals surface area contributed by atoms with Crippen LogP contribution < -0.4 is 18.9 Å². The molecule has 0 radical (unpaired) electrons. The van der Waals surface area contributed by atoms with Crippen molar-refractivity contribution in [1.29, 1.82) is 0 Å². The number of carbonyl (C=O) groups is 1. The molecular formula is C6H16BLiO2. The Kier molecular flexibility index (Phi) is 9.77. The number of ether oxygens (including phenoxy) is 1. The fourth-order valence-electron chi connectivity index (χ4n) is 0.431. The molecule has 0 aromatic carbocycles. The fraction of sp³-hybridized carbons (Fsp3) is 0.833. The maximum absolute atomic E-state index is 10.2. The number of esters is 1. The number of hydrogen-bond donors (Lipinski definition) is 0. The van der Waals surface area contributed by atoms with Gasteiger partial charge in [0.1, 0.15) is 5.60 Å². The van der Waals surface area contributed by atoms with Gasteiger partial charge in [-0.25, -0.2) is 0 Å². The summed E-state index contributed by atoms with van der Waals surface area (Å²) >= 11 is 0. The van der Waals surface area contributed by atoms with Gasteiger partial charge in [0, 0.05) is 6.92 Å². The molecule has 0 saturated heterocycles. The molecular weight excluding hydrogens is 122 g/mol. The van der Waals surface area contributed by atoms with E-state index in [1.165, 1.54) is 6.92 Å². The average Bonchev–Trinajstić information content (AvgIpc) is 1.21. The van der Waals surface area contributed by atoms with E-state index in [0.29, 0.717) is 0 Å². The Morgan fingerprint density at radius 2 is 1.60 bits per heavy atom. The first-order chi connectivity index (χ1) is 3.42. The quantitative estimate of drug-likeness (QED) is 0.262. The van der Waals surface area contributed by atoms with Gasteiger partial charge in [-0.3, -0.25) is 4.79 Å². The Morgan fingerprint density at radius 1 is 1.30 bits per heavy atom. The van der Waals surface area contributed by atoms with Gasteiger partial charge in [0.05, 0.1) is 0 Å². The summed E-state index contributed by atoms with van der Waals surface area (Å²) < 4.78 is 4.80.